The van der Waals surface area contributed by atoms with Gasteiger partial charge in [-0.05, 0) is 6.42 Å². The third-order valence-electron chi connectivity index (χ3n) is 1.83. The zero-order chi connectivity index (χ0) is 12.7. The van der Waals surface area contributed by atoms with Gasteiger partial charge >= 0.3 is 5.97 Å². The number of carboxylic acid groups (broad SMARTS) is 1. The average Bonchev–Trinajstić information content (AvgIpc) is 2.21. The lowest BCUT2D eigenvalue weighted by Gasteiger charge is -2.15. The Balaban J connectivity index is 4.28. The van der Waals surface area contributed by atoms with Gasteiger partial charge in [0.1, 0.15) is 12.1 Å². The first-order chi connectivity index (χ1) is 7.38. The van der Waals surface area contributed by atoms with E-state index in [4.69, 9.17) is 21.7 Å². The minimum atomic E-state index is -1.29. The lowest BCUT2D eigenvalue weighted by Crippen LogP contribution is -2.50. The molecule has 0 fully saturated rings. The van der Waals surface area contributed by atoms with E-state index in [1.54, 1.807) is 0 Å². The van der Waals surface area contributed by atoms with Gasteiger partial charge < -0.3 is 27.0 Å². The molecule has 92 valence electrons. The Morgan fingerprint density at radius 1 is 1.31 bits per heavy atom. The molecule has 16 heavy (non-hydrogen) atoms. The van der Waals surface area contributed by atoms with Crippen molar-refractivity contribution in [2.45, 2.75) is 24.9 Å². The summed E-state index contributed by atoms with van der Waals surface area (Å²) in [6, 6.07) is -2.42. The van der Waals surface area contributed by atoms with Gasteiger partial charge in [-0.3, -0.25) is 9.59 Å². The molecule has 2 atom stereocenters. The molecule has 0 saturated carbocycles. The summed E-state index contributed by atoms with van der Waals surface area (Å²) in [7, 11) is 0. The number of primary amides is 1. The van der Waals surface area contributed by atoms with Crippen LogP contribution in [0.5, 0.6) is 0 Å². The molecule has 8 nitrogen and oxygen atoms in total. The van der Waals surface area contributed by atoms with Gasteiger partial charge in [0.15, 0.2) is 0 Å². The number of hydrogen-bond acceptors (Lipinski definition) is 5. The molecule has 0 aromatic carbocycles. The second kappa shape index (κ2) is 6.75. The van der Waals surface area contributed by atoms with E-state index in [9.17, 15) is 14.4 Å². The SMILES string of the molecule is NC(=O)CC[C@@H](NC(=O)[C@@H](N)CO)C(=O)O. The lowest BCUT2D eigenvalue weighted by atomic mass is 10.1. The number of aliphatic hydroxyl groups excluding tert-OH is 1. The maximum absolute atomic E-state index is 11.2. The molecule has 0 saturated heterocycles. The van der Waals surface area contributed by atoms with Crippen molar-refractivity contribution in [3.05, 3.63) is 0 Å². The van der Waals surface area contributed by atoms with E-state index >= 15 is 0 Å². The summed E-state index contributed by atoms with van der Waals surface area (Å²) < 4.78 is 0. The maximum atomic E-state index is 11.2. The summed E-state index contributed by atoms with van der Waals surface area (Å²) in [5.41, 5.74) is 10.0. The summed E-state index contributed by atoms with van der Waals surface area (Å²) in [5, 5.41) is 19.4. The Morgan fingerprint density at radius 2 is 1.88 bits per heavy atom. The van der Waals surface area contributed by atoms with Crippen molar-refractivity contribution in [3.8, 4) is 0 Å². The summed E-state index contributed by atoms with van der Waals surface area (Å²) in [6.07, 6.45) is -0.278. The van der Waals surface area contributed by atoms with E-state index in [0.29, 0.717) is 0 Å². The van der Waals surface area contributed by atoms with E-state index in [2.05, 4.69) is 5.32 Å². The topological polar surface area (TPSA) is 156 Å². The minimum absolute atomic E-state index is 0.117. The van der Waals surface area contributed by atoms with Crippen LogP contribution < -0.4 is 16.8 Å². The predicted molar refractivity (Wildman–Crippen MR) is 53.1 cm³/mol. The number of nitrogens with two attached hydrogens (primary N) is 2. The van der Waals surface area contributed by atoms with Gasteiger partial charge in [-0.1, -0.05) is 0 Å². The second-order valence-electron chi connectivity index (χ2n) is 3.19. The summed E-state index contributed by atoms with van der Waals surface area (Å²) in [4.78, 5) is 32.3. The van der Waals surface area contributed by atoms with Crippen LogP contribution in [0.2, 0.25) is 0 Å². The van der Waals surface area contributed by atoms with E-state index < -0.39 is 36.5 Å². The van der Waals surface area contributed by atoms with E-state index in [0.717, 1.165) is 0 Å². The van der Waals surface area contributed by atoms with Crippen molar-refractivity contribution in [1.29, 1.82) is 0 Å². The van der Waals surface area contributed by atoms with Crippen LogP contribution in [0, 0.1) is 0 Å². The van der Waals surface area contributed by atoms with E-state index in [1.165, 1.54) is 0 Å². The molecular weight excluding hydrogens is 218 g/mol. The molecule has 0 aromatic heterocycles. The second-order valence-corrected chi connectivity index (χ2v) is 3.19. The molecule has 0 unspecified atom stereocenters. The highest BCUT2D eigenvalue weighted by atomic mass is 16.4. The van der Waals surface area contributed by atoms with Crippen LogP contribution in [0.1, 0.15) is 12.8 Å². The van der Waals surface area contributed by atoms with Gasteiger partial charge in [0.25, 0.3) is 0 Å². The van der Waals surface area contributed by atoms with Gasteiger partial charge in [0, 0.05) is 6.42 Å². The number of hydrogen-bond donors (Lipinski definition) is 5. The maximum Gasteiger partial charge on any atom is 0.326 e. The molecule has 8 heteroatoms. The fraction of sp³-hybridized carbons (Fsp3) is 0.625. The Hall–Kier alpha value is -1.67. The van der Waals surface area contributed by atoms with Crippen molar-refractivity contribution >= 4 is 17.8 Å². The van der Waals surface area contributed by atoms with Gasteiger partial charge in [0.05, 0.1) is 6.61 Å². The molecule has 0 heterocycles. The van der Waals surface area contributed by atoms with Crippen LogP contribution in [0.3, 0.4) is 0 Å². The molecule has 0 aliphatic heterocycles. The number of aliphatic hydroxyl groups is 1. The number of carbonyl (C=O) groups excluding carboxylic acids is 2. The van der Waals surface area contributed by atoms with Crippen LogP contribution in [0.4, 0.5) is 0 Å². The highest BCUT2D eigenvalue weighted by Gasteiger charge is 2.23. The van der Waals surface area contributed by atoms with E-state index in [1.807, 2.05) is 0 Å². The largest absolute Gasteiger partial charge is 0.480 e. The van der Waals surface area contributed by atoms with E-state index in [-0.39, 0.29) is 12.8 Å². The number of nitrogens with one attached hydrogen (secondary N) is 1. The number of carboxylic acids is 1. The van der Waals surface area contributed by atoms with Crippen LogP contribution in [-0.4, -0.2) is 46.7 Å². The number of amides is 2. The molecular formula is C8H15N3O5. The van der Waals surface area contributed by atoms with Crippen LogP contribution in [0.25, 0.3) is 0 Å². The van der Waals surface area contributed by atoms with Crippen LogP contribution in [-0.2, 0) is 14.4 Å². The zero-order valence-corrected chi connectivity index (χ0v) is 8.55. The molecule has 0 bridgehead atoms. The van der Waals surface area contributed by atoms with Crippen molar-refractivity contribution in [2.75, 3.05) is 6.61 Å². The van der Waals surface area contributed by atoms with Crippen LogP contribution >= 0.6 is 0 Å². The molecule has 0 aliphatic rings. The third-order valence-corrected chi connectivity index (χ3v) is 1.83. The van der Waals surface area contributed by atoms with Crippen molar-refractivity contribution in [1.82, 2.24) is 5.32 Å². The molecule has 2 amide bonds. The van der Waals surface area contributed by atoms with Gasteiger partial charge in [-0.15, -0.1) is 0 Å². The third kappa shape index (κ3) is 5.27. The predicted octanol–water partition coefficient (Wildman–Crippen LogP) is -2.86. The molecule has 0 aliphatic carbocycles. The highest BCUT2D eigenvalue weighted by Crippen LogP contribution is 1.97. The number of aliphatic carboxylic acids is 1. The van der Waals surface area contributed by atoms with Crippen molar-refractivity contribution in [3.63, 3.8) is 0 Å². The van der Waals surface area contributed by atoms with Gasteiger partial charge in [0.2, 0.25) is 11.8 Å². The lowest BCUT2D eigenvalue weighted by molar-refractivity contribution is -0.142. The van der Waals surface area contributed by atoms with Gasteiger partial charge in [-0.25, -0.2) is 4.79 Å². The molecule has 0 spiro atoms. The van der Waals surface area contributed by atoms with Crippen molar-refractivity contribution in [2.24, 2.45) is 11.5 Å². The Bertz CT molecular complexity index is 281. The first-order valence-corrected chi connectivity index (χ1v) is 4.56. The fourth-order valence-electron chi connectivity index (χ4n) is 0.906. The quantitative estimate of drug-likeness (QED) is 0.318. The normalized spacial score (nSPS) is 13.9. The number of carbonyl (C=O) groups is 3. The summed E-state index contributed by atoms with van der Waals surface area (Å²) in [5.74, 6) is -2.74. The van der Waals surface area contributed by atoms with Gasteiger partial charge in [-0.2, -0.15) is 0 Å². The smallest absolute Gasteiger partial charge is 0.326 e. The number of rotatable bonds is 7. The summed E-state index contributed by atoms with van der Waals surface area (Å²) in [6.45, 7) is -0.589. The monoisotopic (exact) mass is 233 g/mol. The van der Waals surface area contributed by atoms with Crippen LogP contribution in [0.15, 0.2) is 0 Å². The Labute approximate surface area is 91.6 Å². The molecule has 0 aromatic rings. The first-order valence-electron chi connectivity index (χ1n) is 4.56. The average molecular weight is 233 g/mol. The zero-order valence-electron chi connectivity index (χ0n) is 8.55. The minimum Gasteiger partial charge on any atom is -0.480 e. The molecule has 0 rings (SSSR count). The molecule has 7 N–H and O–H groups in total. The fourth-order valence-corrected chi connectivity index (χ4v) is 0.906. The standard InChI is InChI=1S/C8H15N3O5/c9-4(3-12)7(14)11-5(8(15)16)1-2-6(10)13/h4-5,12H,1-3,9H2,(H2,10,13)(H,11,14)(H,15,16)/t4-,5+/m0/s1. The highest BCUT2D eigenvalue weighted by molar-refractivity contribution is 5.87. The Morgan fingerprint density at radius 3 is 2.25 bits per heavy atom. The van der Waals surface area contributed by atoms with Crippen molar-refractivity contribution < 1.29 is 24.6 Å². The Kier molecular flexibility index (Phi) is 6.04. The summed E-state index contributed by atoms with van der Waals surface area (Å²) >= 11 is 0. The first kappa shape index (κ1) is 14.3. The molecule has 0 radical (unpaired) electrons.